The molecule has 0 radical (unpaired) electrons. The van der Waals surface area contributed by atoms with Crippen LogP contribution in [-0.2, 0) is 19.6 Å². The van der Waals surface area contributed by atoms with Crippen LogP contribution in [0.25, 0.3) is 10.8 Å². The molecule has 1 heterocycles. The zero-order chi connectivity index (χ0) is 23.7. The lowest BCUT2D eigenvalue weighted by molar-refractivity contribution is -0.139. The first-order chi connectivity index (χ1) is 15.2. The van der Waals surface area contributed by atoms with Crippen LogP contribution in [0.2, 0.25) is 0 Å². The fraction of sp³-hybridized carbons (Fsp3) is 0.500. The van der Waals surface area contributed by atoms with Crippen LogP contribution in [0.15, 0.2) is 41.3 Å². The number of ether oxygens (including phenoxy) is 1. The van der Waals surface area contributed by atoms with Crippen molar-refractivity contribution in [2.45, 2.75) is 42.8 Å². The van der Waals surface area contributed by atoms with Crippen molar-refractivity contribution in [2.75, 3.05) is 37.6 Å². The molecule has 1 aliphatic rings. The molecule has 10 heteroatoms. The van der Waals surface area contributed by atoms with Gasteiger partial charge in [0.1, 0.15) is 12.3 Å². The first kappa shape index (κ1) is 26.4. The maximum Gasteiger partial charge on any atom is 0.321 e. The minimum atomic E-state index is -3.96. The molecule has 2 aromatic rings. The minimum absolute atomic E-state index is 0.0359. The Hall–Kier alpha value is -1.85. The third-order valence-corrected chi connectivity index (χ3v) is 7.23. The summed E-state index contributed by atoms with van der Waals surface area (Å²) in [4.78, 5) is 13.4. The third-order valence-electron chi connectivity index (χ3n) is 5.05. The zero-order valence-electron chi connectivity index (χ0n) is 18.8. The number of hydrogen-bond donors (Lipinski definition) is 3. The van der Waals surface area contributed by atoms with Crippen LogP contribution in [0, 0.1) is 0 Å². The molecule has 0 aromatic heterocycles. The van der Waals surface area contributed by atoms with Crippen molar-refractivity contribution in [3.05, 3.63) is 36.4 Å². The smallest absolute Gasteiger partial charge is 0.321 e. The number of nitrogens with two attached hydrogens (primary N) is 1. The van der Waals surface area contributed by atoms with Crippen molar-refractivity contribution in [3.8, 4) is 0 Å². The number of nitrogens with one attached hydrogen (secondary N) is 1. The van der Waals surface area contributed by atoms with Gasteiger partial charge in [0, 0.05) is 37.2 Å². The lowest BCUT2D eigenvalue weighted by atomic mass is 10.1. The zero-order valence-corrected chi connectivity index (χ0v) is 20.4. The highest BCUT2D eigenvalue weighted by Gasteiger charge is 2.26. The van der Waals surface area contributed by atoms with Gasteiger partial charge in [-0.25, -0.2) is 8.42 Å². The van der Waals surface area contributed by atoms with Crippen LogP contribution in [0.3, 0.4) is 0 Å². The number of carboxylic acids is 1. The number of benzene rings is 2. The third kappa shape index (κ3) is 7.35. The highest BCUT2D eigenvalue weighted by atomic mass is 32.2. The van der Waals surface area contributed by atoms with Crippen LogP contribution in [-0.4, -0.2) is 64.5 Å². The maximum atomic E-state index is 12.8. The van der Waals surface area contributed by atoms with E-state index in [1.807, 2.05) is 37.4 Å². The van der Waals surface area contributed by atoms with Crippen LogP contribution >= 0.6 is 11.8 Å². The molecular formula is C22H33N3O5S2. The molecule has 0 saturated carbocycles. The van der Waals surface area contributed by atoms with E-state index >= 15 is 0 Å². The molecule has 1 aliphatic heterocycles. The van der Waals surface area contributed by atoms with E-state index in [9.17, 15) is 18.3 Å². The molecule has 2 atom stereocenters. The number of hydrogen-bond acceptors (Lipinski definition) is 7. The molecular weight excluding hydrogens is 450 g/mol. The normalized spacial score (nSPS) is 17.3. The summed E-state index contributed by atoms with van der Waals surface area (Å²) in [5, 5.41) is 10.7. The second kappa shape index (κ2) is 12.4. The molecule has 178 valence electrons. The van der Waals surface area contributed by atoms with Gasteiger partial charge in [-0.2, -0.15) is 16.5 Å². The Morgan fingerprint density at radius 2 is 1.94 bits per heavy atom. The number of carboxylic acid groups (broad SMARTS) is 1. The molecule has 0 aliphatic carbocycles. The van der Waals surface area contributed by atoms with Crippen molar-refractivity contribution >= 4 is 44.2 Å². The Labute approximate surface area is 194 Å². The van der Waals surface area contributed by atoms with Crippen molar-refractivity contribution in [3.63, 3.8) is 0 Å². The number of anilines is 1. The summed E-state index contributed by atoms with van der Waals surface area (Å²) in [6.07, 6.45) is 5.58. The molecule has 0 bridgehead atoms. The van der Waals surface area contributed by atoms with Crippen molar-refractivity contribution in [1.82, 2.24) is 4.72 Å². The van der Waals surface area contributed by atoms with Gasteiger partial charge in [-0.1, -0.05) is 24.3 Å². The van der Waals surface area contributed by atoms with Gasteiger partial charge in [0.2, 0.25) is 10.0 Å². The molecule has 4 N–H and O–H groups in total. The van der Waals surface area contributed by atoms with Crippen molar-refractivity contribution in [2.24, 2.45) is 5.73 Å². The largest absolute Gasteiger partial charge is 0.480 e. The number of carbonyl (C=O) groups is 1. The van der Waals surface area contributed by atoms with Crippen LogP contribution < -0.4 is 15.4 Å². The van der Waals surface area contributed by atoms with E-state index in [-0.39, 0.29) is 17.5 Å². The van der Waals surface area contributed by atoms with Crippen LogP contribution in [0.5, 0.6) is 0 Å². The van der Waals surface area contributed by atoms with E-state index in [4.69, 9.17) is 10.5 Å². The Bertz CT molecular complexity index is 992. The van der Waals surface area contributed by atoms with E-state index < -0.39 is 22.0 Å². The Morgan fingerprint density at radius 1 is 1.25 bits per heavy atom. The van der Waals surface area contributed by atoms with E-state index in [2.05, 4.69) is 4.72 Å². The lowest BCUT2D eigenvalue weighted by Crippen LogP contribution is -2.41. The fourth-order valence-electron chi connectivity index (χ4n) is 3.37. The Kier molecular flexibility index (Phi) is 10.2. The van der Waals surface area contributed by atoms with Gasteiger partial charge in [-0.05, 0) is 49.8 Å². The predicted molar refractivity (Wildman–Crippen MR) is 131 cm³/mol. The number of nitrogens with zero attached hydrogens (tertiary/aromatic N) is 1. The summed E-state index contributed by atoms with van der Waals surface area (Å²) in [6, 6.07) is 9.30. The second-order valence-electron chi connectivity index (χ2n) is 7.72. The average Bonchev–Trinajstić information content (AvgIpc) is 2.76. The first-order valence-electron chi connectivity index (χ1n) is 10.5. The van der Waals surface area contributed by atoms with Gasteiger partial charge in [0.05, 0.1) is 4.90 Å². The number of fused-ring (bicyclic) bond motifs is 1. The molecule has 1 saturated heterocycles. The summed E-state index contributed by atoms with van der Waals surface area (Å²) in [7, 11) is -0.191. The van der Waals surface area contributed by atoms with Gasteiger partial charge in [0.15, 0.2) is 0 Å². The summed E-state index contributed by atoms with van der Waals surface area (Å²) >= 11 is 1.47. The van der Waals surface area contributed by atoms with Gasteiger partial charge in [-0.15, -0.1) is 0 Å². The van der Waals surface area contributed by atoms with Crippen molar-refractivity contribution in [1.29, 1.82) is 0 Å². The molecule has 0 spiro atoms. The van der Waals surface area contributed by atoms with Gasteiger partial charge < -0.3 is 20.5 Å². The fourth-order valence-corrected chi connectivity index (χ4v) is 5.29. The number of aliphatic carboxylic acids is 1. The van der Waals surface area contributed by atoms with E-state index in [1.54, 1.807) is 18.2 Å². The quantitative estimate of drug-likeness (QED) is 0.524. The Morgan fingerprint density at radius 3 is 2.47 bits per heavy atom. The van der Waals surface area contributed by atoms with Gasteiger partial charge in [0.25, 0.3) is 0 Å². The van der Waals surface area contributed by atoms with Crippen LogP contribution in [0.1, 0.15) is 25.7 Å². The van der Waals surface area contributed by atoms with Crippen molar-refractivity contribution < 1.29 is 23.1 Å². The SMILES string of the molecule is CSCCC(NS(=O)(=O)c1cccc2c(N(C)C)cccc12)C(=O)O.NC1CCCCO1. The highest BCUT2D eigenvalue weighted by molar-refractivity contribution is 7.98. The summed E-state index contributed by atoms with van der Waals surface area (Å²) in [5.41, 5.74) is 6.31. The summed E-state index contributed by atoms with van der Waals surface area (Å²) < 4.78 is 33.0. The van der Waals surface area contributed by atoms with E-state index in [1.165, 1.54) is 30.7 Å². The monoisotopic (exact) mass is 483 g/mol. The molecule has 8 nitrogen and oxygen atoms in total. The van der Waals surface area contributed by atoms with E-state index in [0.717, 1.165) is 24.1 Å². The minimum Gasteiger partial charge on any atom is -0.480 e. The molecule has 32 heavy (non-hydrogen) atoms. The standard InChI is InChI=1S/C17H22N2O4S2.C5H11NO/c1-19(2)15-8-4-7-13-12(15)6-5-9-16(13)25(22,23)18-14(17(20)21)10-11-24-3;6-5-3-1-2-4-7-5/h4-9,14,18H,10-11H2,1-3H3,(H,20,21);5H,1-4,6H2. The second-order valence-corrected chi connectivity index (χ2v) is 10.4. The maximum absolute atomic E-state index is 12.8. The highest BCUT2D eigenvalue weighted by Crippen LogP contribution is 2.30. The number of thioether (sulfide) groups is 1. The molecule has 3 rings (SSSR count). The molecule has 2 aromatic carbocycles. The summed E-state index contributed by atoms with van der Waals surface area (Å²) in [5.74, 6) is -0.619. The van der Waals surface area contributed by atoms with Gasteiger partial charge >= 0.3 is 5.97 Å². The first-order valence-corrected chi connectivity index (χ1v) is 13.4. The number of sulfonamides is 1. The van der Waals surface area contributed by atoms with Crippen LogP contribution in [0.4, 0.5) is 5.69 Å². The topological polar surface area (TPSA) is 122 Å². The lowest BCUT2D eigenvalue weighted by Gasteiger charge is -2.18. The van der Waals surface area contributed by atoms with Gasteiger partial charge in [-0.3, -0.25) is 4.79 Å². The van der Waals surface area contributed by atoms with E-state index in [0.29, 0.717) is 11.1 Å². The summed E-state index contributed by atoms with van der Waals surface area (Å²) in [6.45, 7) is 0.862. The molecule has 0 amide bonds. The molecule has 1 fully saturated rings. The molecule has 2 unspecified atom stereocenters. The number of rotatable bonds is 8. The predicted octanol–water partition coefficient (Wildman–Crippen LogP) is 2.86. The average molecular weight is 484 g/mol. The Balaban J connectivity index is 0.000000439.